The zero-order valence-electron chi connectivity index (χ0n) is 15.1. The monoisotopic (exact) mass is 430 g/mol. The molecule has 2 rings (SSSR count). The fraction of sp³-hybridized carbons (Fsp3) is 0.263. The van der Waals surface area contributed by atoms with E-state index in [2.05, 4.69) is 10.6 Å². The van der Waals surface area contributed by atoms with Crippen molar-refractivity contribution in [1.82, 2.24) is 0 Å². The SMILES string of the molecule is CCC(Sc1cccc(NC(C)=O)c1)C(=O)Nc1cc(C(F)(F)F)ccc1Cl. The van der Waals surface area contributed by atoms with Crippen LogP contribution in [0.4, 0.5) is 24.5 Å². The van der Waals surface area contributed by atoms with Gasteiger partial charge in [-0.25, -0.2) is 0 Å². The van der Waals surface area contributed by atoms with Crippen LogP contribution in [-0.4, -0.2) is 17.1 Å². The van der Waals surface area contributed by atoms with Crippen molar-refractivity contribution in [3.8, 4) is 0 Å². The van der Waals surface area contributed by atoms with Gasteiger partial charge in [0.1, 0.15) is 0 Å². The van der Waals surface area contributed by atoms with Crippen LogP contribution < -0.4 is 10.6 Å². The molecule has 28 heavy (non-hydrogen) atoms. The summed E-state index contributed by atoms with van der Waals surface area (Å²) in [6.45, 7) is 3.18. The highest BCUT2D eigenvalue weighted by atomic mass is 35.5. The summed E-state index contributed by atoms with van der Waals surface area (Å²) in [6, 6.07) is 9.73. The Balaban J connectivity index is 2.15. The number of carbonyl (C=O) groups is 2. The molecule has 0 aliphatic carbocycles. The van der Waals surface area contributed by atoms with Gasteiger partial charge in [-0.05, 0) is 42.8 Å². The van der Waals surface area contributed by atoms with Gasteiger partial charge >= 0.3 is 6.18 Å². The lowest BCUT2D eigenvalue weighted by molar-refractivity contribution is -0.137. The normalized spacial score (nSPS) is 12.4. The third kappa shape index (κ3) is 6.17. The Bertz CT molecular complexity index is 874. The lowest BCUT2D eigenvalue weighted by Crippen LogP contribution is -2.25. The molecule has 0 bridgehead atoms. The van der Waals surface area contributed by atoms with E-state index in [9.17, 15) is 22.8 Å². The highest BCUT2D eigenvalue weighted by Gasteiger charge is 2.31. The third-order valence-corrected chi connectivity index (χ3v) is 5.34. The second-order valence-electron chi connectivity index (χ2n) is 5.91. The van der Waals surface area contributed by atoms with Gasteiger partial charge in [-0.15, -0.1) is 11.8 Å². The highest BCUT2D eigenvalue weighted by molar-refractivity contribution is 8.00. The van der Waals surface area contributed by atoms with Gasteiger partial charge in [0.05, 0.1) is 21.5 Å². The number of hydrogen-bond donors (Lipinski definition) is 2. The minimum absolute atomic E-state index is 0.0221. The van der Waals surface area contributed by atoms with Crippen molar-refractivity contribution in [2.45, 2.75) is 36.6 Å². The standard InChI is InChI=1S/C19H18ClF3N2O2S/c1-3-17(28-14-6-4-5-13(10-14)24-11(2)26)18(27)25-16-9-12(19(21,22)23)7-8-15(16)20/h4-10,17H,3H2,1-2H3,(H,24,26)(H,25,27). The Labute approximate surface area is 169 Å². The summed E-state index contributed by atoms with van der Waals surface area (Å²) in [5.74, 6) is -0.676. The van der Waals surface area contributed by atoms with Crippen LogP contribution in [0.5, 0.6) is 0 Å². The van der Waals surface area contributed by atoms with E-state index in [0.29, 0.717) is 12.1 Å². The van der Waals surface area contributed by atoms with E-state index in [-0.39, 0.29) is 16.6 Å². The number of carbonyl (C=O) groups excluding carboxylic acids is 2. The van der Waals surface area contributed by atoms with E-state index < -0.39 is 22.9 Å². The maximum absolute atomic E-state index is 12.9. The number of thioether (sulfide) groups is 1. The molecule has 9 heteroatoms. The molecule has 150 valence electrons. The zero-order valence-corrected chi connectivity index (χ0v) is 16.6. The minimum Gasteiger partial charge on any atom is -0.326 e. The first kappa shape index (κ1) is 22.1. The third-order valence-electron chi connectivity index (χ3n) is 3.65. The summed E-state index contributed by atoms with van der Waals surface area (Å²) >= 11 is 7.18. The molecule has 0 radical (unpaired) electrons. The molecular formula is C19H18ClF3N2O2S. The van der Waals surface area contributed by atoms with Crippen molar-refractivity contribution in [1.29, 1.82) is 0 Å². The van der Waals surface area contributed by atoms with E-state index in [1.807, 2.05) is 0 Å². The first-order chi connectivity index (χ1) is 13.1. The molecular weight excluding hydrogens is 413 g/mol. The van der Waals surface area contributed by atoms with E-state index in [1.165, 1.54) is 18.7 Å². The average molecular weight is 431 g/mol. The molecule has 2 aromatic carbocycles. The number of benzene rings is 2. The van der Waals surface area contributed by atoms with Crippen LogP contribution in [0.3, 0.4) is 0 Å². The van der Waals surface area contributed by atoms with Crippen molar-refractivity contribution in [3.63, 3.8) is 0 Å². The Kier molecular flexibility index (Phi) is 7.37. The summed E-state index contributed by atoms with van der Waals surface area (Å²) in [5, 5.41) is 4.60. The molecule has 4 nitrogen and oxygen atoms in total. The fourth-order valence-corrected chi connectivity index (χ4v) is 3.53. The van der Waals surface area contributed by atoms with E-state index in [4.69, 9.17) is 11.6 Å². The number of halogens is 4. The zero-order chi connectivity index (χ0) is 20.9. The first-order valence-corrected chi connectivity index (χ1v) is 9.58. The first-order valence-electron chi connectivity index (χ1n) is 8.32. The Hall–Kier alpha value is -2.19. The van der Waals surface area contributed by atoms with Crippen LogP contribution in [-0.2, 0) is 15.8 Å². The van der Waals surface area contributed by atoms with E-state index >= 15 is 0 Å². The molecule has 1 atom stereocenters. The average Bonchev–Trinajstić information content (AvgIpc) is 2.60. The number of anilines is 2. The molecule has 0 aliphatic rings. The molecule has 0 aliphatic heterocycles. The summed E-state index contributed by atoms with van der Waals surface area (Å²) in [7, 11) is 0. The molecule has 2 amide bonds. The van der Waals surface area contributed by atoms with Gasteiger partial charge < -0.3 is 10.6 Å². The van der Waals surface area contributed by atoms with Gasteiger partial charge in [0.15, 0.2) is 0 Å². The van der Waals surface area contributed by atoms with Gasteiger partial charge in [-0.1, -0.05) is 24.6 Å². The fourth-order valence-electron chi connectivity index (χ4n) is 2.35. The molecule has 0 spiro atoms. The predicted octanol–water partition coefficient (Wildman–Crippen LogP) is 5.83. The van der Waals surface area contributed by atoms with Gasteiger partial charge in [0, 0.05) is 17.5 Å². The largest absolute Gasteiger partial charge is 0.416 e. The van der Waals surface area contributed by atoms with E-state index in [1.54, 1.807) is 31.2 Å². The maximum atomic E-state index is 12.9. The van der Waals surface area contributed by atoms with Crippen molar-refractivity contribution in [3.05, 3.63) is 53.1 Å². The molecule has 2 aromatic rings. The summed E-state index contributed by atoms with van der Waals surface area (Å²) in [5.41, 5.74) is -0.392. The lowest BCUT2D eigenvalue weighted by atomic mass is 10.2. The molecule has 0 fully saturated rings. The maximum Gasteiger partial charge on any atom is 0.416 e. The second kappa shape index (κ2) is 9.34. The van der Waals surface area contributed by atoms with Crippen LogP contribution in [0.2, 0.25) is 5.02 Å². The second-order valence-corrected chi connectivity index (χ2v) is 7.59. The quantitative estimate of drug-likeness (QED) is 0.567. The minimum atomic E-state index is -4.53. The van der Waals surface area contributed by atoms with Crippen LogP contribution in [0.1, 0.15) is 25.8 Å². The van der Waals surface area contributed by atoms with Crippen molar-refractivity contribution < 1.29 is 22.8 Å². The van der Waals surface area contributed by atoms with Crippen LogP contribution >= 0.6 is 23.4 Å². The van der Waals surface area contributed by atoms with Gasteiger partial charge in [0.2, 0.25) is 11.8 Å². The van der Waals surface area contributed by atoms with Crippen LogP contribution in [0.15, 0.2) is 47.4 Å². The molecule has 0 saturated carbocycles. The molecule has 0 heterocycles. The molecule has 0 aromatic heterocycles. The summed E-state index contributed by atoms with van der Waals surface area (Å²) < 4.78 is 38.7. The topological polar surface area (TPSA) is 58.2 Å². The van der Waals surface area contributed by atoms with Gasteiger partial charge in [0.25, 0.3) is 0 Å². The molecule has 2 N–H and O–H groups in total. The number of amides is 2. The Morgan fingerprint density at radius 1 is 1.14 bits per heavy atom. The number of alkyl halides is 3. The number of hydrogen-bond acceptors (Lipinski definition) is 3. The van der Waals surface area contributed by atoms with Crippen LogP contribution in [0, 0.1) is 0 Å². The van der Waals surface area contributed by atoms with E-state index in [0.717, 1.165) is 23.1 Å². The molecule has 0 saturated heterocycles. The smallest absolute Gasteiger partial charge is 0.326 e. The predicted molar refractivity (Wildman–Crippen MR) is 106 cm³/mol. The van der Waals surface area contributed by atoms with Crippen molar-refractivity contribution in [2.75, 3.05) is 10.6 Å². The summed E-state index contributed by atoms with van der Waals surface area (Å²) in [4.78, 5) is 24.5. The van der Waals surface area contributed by atoms with Gasteiger partial charge in [-0.3, -0.25) is 9.59 Å². The highest BCUT2D eigenvalue weighted by Crippen LogP contribution is 2.35. The van der Waals surface area contributed by atoms with Crippen LogP contribution in [0.25, 0.3) is 0 Å². The number of rotatable bonds is 6. The lowest BCUT2D eigenvalue weighted by Gasteiger charge is -2.17. The van der Waals surface area contributed by atoms with Gasteiger partial charge in [-0.2, -0.15) is 13.2 Å². The Morgan fingerprint density at radius 3 is 2.46 bits per heavy atom. The number of nitrogens with one attached hydrogen (secondary N) is 2. The molecule has 1 unspecified atom stereocenters. The Morgan fingerprint density at radius 2 is 1.86 bits per heavy atom. The summed E-state index contributed by atoms with van der Waals surface area (Å²) in [6.07, 6.45) is -4.09. The van der Waals surface area contributed by atoms with Crippen molar-refractivity contribution in [2.24, 2.45) is 0 Å². The van der Waals surface area contributed by atoms with Crippen molar-refractivity contribution >= 4 is 46.6 Å².